The van der Waals surface area contributed by atoms with E-state index < -0.39 is 0 Å². The molecule has 0 fully saturated rings. The number of hydrogen-bond acceptors (Lipinski definition) is 2. The van der Waals surface area contributed by atoms with Crippen molar-refractivity contribution in [2.45, 2.75) is 46.6 Å². The fourth-order valence-electron chi connectivity index (χ4n) is 1.98. The molecule has 0 saturated carbocycles. The van der Waals surface area contributed by atoms with E-state index in [1.807, 2.05) is 10.9 Å². The van der Waals surface area contributed by atoms with Crippen LogP contribution in [0.15, 0.2) is 17.4 Å². The van der Waals surface area contributed by atoms with Crippen LogP contribution in [0.1, 0.15) is 38.7 Å². The zero-order valence-electron chi connectivity index (χ0n) is 13.4. The third-order valence-corrected chi connectivity index (χ3v) is 3.11. The maximum absolute atomic E-state index is 4.68. The van der Waals surface area contributed by atoms with Crippen molar-refractivity contribution in [2.75, 3.05) is 26.7 Å². The number of aliphatic imine (C=N–C) groups is 1. The summed E-state index contributed by atoms with van der Waals surface area (Å²) < 4.78 is 1.98. The number of aromatic nitrogens is 2. The van der Waals surface area contributed by atoms with Crippen LogP contribution >= 0.6 is 0 Å². The highest BCUT2D eigenvalue weighted by molar-refractivity contribution is 5.79. The second-order valence-corrected chi connectivity index (χ2v) is 5.15. The van der Waals surface area contributed by atoms with Gasteiger partial charge in [-0.3, -0.25) is 9.67 Å². The number of nitrogens with zero attached hydrogens (tertiary/aromatic N) is 4. The Bertz CT molecular complexity index is 397. The quantitative estimate of drug-likeness (QED) is 0.451. The molecule has 0 saturated heterocycles. The standard InChI is InChI=1S/C15H29N5/c1-5-7-10-19(4)15(16-6-2)17-9-8-11-20-13-14(3)12-18-20/h12-13H,5-11H2,1-4H3,(H,16,17). The molecule has 5 heteroatoms. The number of rotatable bonds is 8. The van der Waals surface area contributed by atoms with Crippen molar-refractivity contribution in [3.05, 3.63) is 18.0 Å². The highest BCUT2D eigenvalue weighted by atomic mass is 15.3. The molecule has 0 bridgehead atoms. The molecule has 1 heterocycles. The first kappa shape index (κ1) is 16.5. The van der Waals surface area contributed by atoms with Gasteiger partial charge in [0.05, 0.1) is 6.20 Å². The third kappa shape index (κ3) is 6.08. The summed E-state index contributed by atoms with van der Waals surface area (Å²) in [7, 11) is 2.11. The molecule has 1 rings (SSSR count). The lowest BCUT2D eigenvalue weighted by Gasteiger charge is -2.21. The van der Waals surface area contributed by atoms with E-state index in [0.717, 1.165) is 38.6 Å². The summed E-state index contributed by atoms with van der Waals surface area (Å²) >= 11 is 0. The highest BCUT2D eigenvalue weighted by Gasteiger charge is 2.04. The van der Waals surface area contributed by atoms with Gasteiger partial charge in [0.15, 0.2) is 5.96 Å². The van der Waals surface area contributed by atoms with Crippen molar-refractivity contribution < 1.29 is 0 Å². The predicted octanol–water partition coefficient (Wildman–Crippen LogP) is 2.28. The lowest BCUT2D eigenvalue weighted by molar-refractivity contribution is 0.463. The number of nitrogens with one attached hydrogen (secondary N) is 1. The van der Waals surface area contributed by atoms with Gasteiger partial charge in [-0.05, 0) is 32.3 Å². The number of hydrogen-bond donors (Lipinski definition) is 1. The van der Waals surface area contributed by atoms with Gasteiger partial charge in [0.2, 0.25) is 0 Å². The van der Waals surface area contributed by atoms with E-state index in [0.29, 0.717) is 0 Å². The van der Waals surface area contributed by atoms with Crippen molar-refractivity contribution in [2.24, 2.45) is 4.99 Å². The van der Waals surface area contributed by atoms with Crippen LogP contribution in [-0.4, -0.2) is 47.3 Å². The van der Waals surface area contributed by atoms with Crippen LogP contribution in [0.25, 0.3) is 0 Å². The SMILES string of the molecule is CCCCN(C)C(=NCCCn1cc(C)cn1)NCC. The van der Waals surface area contributed by atoms with Crippen LogP contribution in [0.2, 0.25) is 0 Å². The largest absolute Gasteiger partial charge is 0.357 e. The predicted molar refractivity (Wildman–Crippen MR) is 85.1 cm³/mol. The molecule has 0 aliphatic rings. The molecule has 114 valence electrons. The molecule has 0 aromatic carbocycles. The fourth-order valence-corrected chi connectivity index (χ4v) is 1.98. The Morgan fingerprint density at radius 1 is 1.40 bits per heavy atom. The number of aryl methyl sites for hydroxylation is 2. The second-order valence-electron chi connectivity index (χ2n) is 5.15. The summed E-state index contributed by atoms with van der Waals surface area (Å²) in [6.45, 7) is 10.1. The summed E-state index contributed by atoms with van der Waals surface area (Å²) in [6, 6.07) is 0. The summed E-state index contributed by atoms with van der Waals surface area (Å²) in [4.78, 5) is 6.89. The molecule has 1 aromatic heterocycles. The van der Waals surface area contributed by atoms with Gasteiger partial charge >= 0.3 is 0 Å². The Hall–Kier alpha value is -1.52. The normalized spacial score (nSPS) is 11.7. The summed E-state index contributed by atoms with van der Waals surface area (Å²) in [5.41, 5.74) is 1.21. The van der Waals surface area contributed by atoms with Crippen LogP contribution in [0.4, 0.5) is 0 Å². The monoisotopic (exact) mass is 279 g/mol. The molecule has 1 aromatic rings. The van der Waals surface area contributed by atoms with Crippen molar-refractivity contribution in [3.8, 4) is 0 Å². The van der Waals surface area contributed by atoms with Crippen LogP contribution in [0.5, 0.6) is 0 Å². The lowest BCUT2D eigenvalue weighted by atomic mass is 10.3. The van der Waals surface area contributed by atoms with E-state index in [9.17, 15) is 0 Å². The van der Waals surface area contributed by atoms with Gasteiger partial charge in [0.1, 0.15) is 0 Å². The molecule has 5 nitrogen and oxygen atoms in total. The van der Waals surface area contributed by atoms with Crippen molar-refractivity contribution >= 4 is 5.96 Å². The van der Waals surface area contributed by atoms with E-state index in [1.165, 1.54) is 18.4 Å². The Morgan fingerprint density at radius 3 is 2.80 bits per heavy atom. The first-order chi connectivity index (χ1) is 9.67. The smallest absolute Gasteiger partial charge is 0.193 e. The topological polar surface area (TPSA) is 45.5 Å². The molecule has 0 unspecified atom stereocenters. The minimum absolute atomic E-state index is 0.831. The van der Waals surface area contributed by atoms with Gasteiger partial charge in [0, 0.05) is 39.4 Å². The van der Waals surface area contributed by atoms with E-state index in [1.54, 1.807) is 0 Å². The third-order valence-electron chi connectivity index (χ3n) is 3.11. The van der Waals surface area contributed by atoms with E-state index >= 15 is 0 Å². The summed E-state index contributed by atoms with van der Waals surface area (Å²) in [5, 5.41) is 7.63. The fraction of sp³-hybridized carbons (Fsp3) is 0.733. The van der Waals surface area contributed by atoms with Crippen LogP contribution in [0, 0.1) is 6.92 Å². The maximum atomic E-state index is 4.68. The minimum atomic E-state index is 0.831. The molecule has 0 radical (unpaired) electrons. The Labute approximate surface area is 123 Å². The van der Waals surface area contributed by atoms with Gasteiger partial charge in [-0.25, -0.2) is 0 Å². The zero-order chi connectivity index (χ0) is 14.8. The maximum Gasteiger partial charge on any atom is 0.193 e. The molecule has 0 spiro atoms. The molecular weight excluding hydrogens is 250 g/mol. The van der Waals surface area contributed by atoms with Crippen LogP contribution < -0.4 is 5.32 Å². The van der Waals surface area contributed by atoms with Gasteiger partial charge in [-0.1, -0.05) is 13.3 Å². The van der Waals surface area contributed by atoms with Gasteiger partial charge < -0.3 is 10.2 Å². The number of guanidine groups is 1. The van der Waals surface area contributed by atoms with E-state index in [-0.39, 0.29) is 0 Å². The van der Waals surface area contributed by atoms with E-state index in [2.05, 4.69) is 54.3 Å². The van der Waals surface area contributed by atoms with Gasteiger partial charge in [-0.2, -0.15) is 5.10 Å². The van der Waals surface area contributed by atoms with Crippen molar-refractivity contribution in [1.29, 1.82) is 0 Å². The molecular formula is C15H29N5. The van der Waals surface area contributed by atoms with Gasteiger partial charge in [-0.15, -0.1) is 0 Å². The molecule has 1 N–H and O–H groups in total. The zero-order valence-corrected chi connectivity index (χ0v) is 13.4. The van der Waals surface area contributed by atoms with Crippen molar-refractivity contribution in [3.63, 3.8) is 0 Å². The molecule has 0 aliphatic heterocycles. The van der Waals surface area contributed by atoms with Crippen LogP contribution in [-0.2, 0) is 6.54 Å². The minimum Gasteiger partial charge on any atom is -0.357 e. The average molecular weight is 279 g/mol. The molecule has 20 heavy (non-hydrogen) atoms. The highest BCUT2D eigenvalue weighted by Crippen LogP contribution is 1.97. The van der Waals surface area contributed by atoms with Crippen LogP contribution in [0.3, 0.4) is 0 Å². The number of unbranched alkanes of at least 4 members (excludes halogenated alkanes) is 1. The Morgan fingerprint density at radius 2 is 2.20 bits per heavy atom. The Balaban J connectivity index is 2.37. The first-order valence-corrected chi connectivity index (χ1v) is 7.65. The van der Waals surface area contributed by atoms with Gasteiger partial charge in [0.25, 0.3) is 0 Å². The molecule has 0 aliphatic carbocycles. The first-order valence-electron chi connectivity index (χ1n) is 7.65. The Kier molecular flexibility index (Phi) is 7.77. The van der Waals surface area contributed by atoms with Crippen molar-refractivity contribution in [1.82, 2.24) is 20.0 Å². The lowest BCUT2D eigenvalue weighted by Crippen LogP contribution is -2.39. The summed E-state index contributed by atoms with van der Waals surface area (Å²) in [6.07, 6.45) is 7.39. The summed E-state index contributed by atoms with van der Waals surface area (Å²) in [5.74, 6) is 1.01. The van der Waals surface area contributed by atoms with E-state index in [4.69, 9.17) is 0 Å². The second kappa shape index (κ2) is 9.39. The average Bonchev–Trinajstić information content (AvgIpc) is 2.85. The molecule has 0 amide bonds. The molecule has 0 atom stereocenters.